The van der Waals surface area contributed by atoms with Crippen molar-refractivity contribution in [2.24, 2.45) is 0 Å². The molecule has 0 fully saturated rings. The maximum absolute atomic E-state index is 12.2. The highest BCUT2D eigenvalue weighted by atomic mass is 16.5. The van der Waals surface area contributed by atoms with Crippen LogP contribution in [-0.4, -0.2) is 42.6 Å². The summed E-state index contributed by atoms with van der Waals surface area (Å²) in [4.78, 5) is 24.3. The van der Waals surface area contributed by atoms with Crippen LogP contribution in [0.25, 0.3) is 5.65 Å². The van der Waals surface area contributed by atoms with Gasteiger partial charge in [0, 0.05) is 12.0 Å². The van der Waals surface area contributed by atoms with E-state index >= 15 is 0 Å². The number of nitrogens with one attached hydrogen (secondary N) is 1. The van der Waals surface area contributed by atoms with E-state index in [9.17, 15) is 9.59 Å². The fraction of sp³-hybridized carbons (Fsp3) is 0.333. The van der Waals surface area contributed by atoms with Crippen molar-refractivity contribution in [2.45, 2.75) is 26.3 Å². The third-order valence-corrected chi connectivity index (χ3v) is 3.48. The third kappa shape index (κ3) is 3.47. The number of aromatic nitrogens is 6. The van der Waals surface area contributed by atoms with Gasteiger partial charge < -0.3 is 10.1 Å². The number of nitrogens with zero attached hydrogens (tertiary/aromatic N) is 6. The van der Waals surface area contributed by atoms with E-state index in [-0.39, 0.29) is 12.5 Å². The van der Waals surface area contributed by atoms with E-state index in [1.165, 1.54) is 24.0 Å². The number of ether oxygens (including phenoxy) is 1. The monoisotopic (exact) mass is 343 g/mol. The minimum absolute atomic E-state index is 0.0441. The largest absolute Gasteiger partial charge is 0.495 e. The fourth-order valence-electron chi connectivity index (χ4n) is 2.28. The molecule has 0 saturated carbocycles. The van der Waals surface area contributed by atoms with Gasteiger partial charge >= 0.3 is 0 Å². The lowest BCUT2D eigenvalue weighted by molar-refractivity contribution is -0.117. The van der Waals surface area contributed by atoms with E-state index in [0.717, 1.165) is 4.68 Å². The second-order valence-corrected chi connectivity index (χ2v) is 5.65. The molecule has 0 aliphatic carbocycles. The van der Waals surface area contributed by atoms with Crippen LogP contribution in [0.1, 0.15) is 25.5 Å². The van der Waals surface area contributed by atoms with Crippen LogP contribution in [0.4, 0.5) is 5.82 Å². The Hall–Kier alpha value is -3.30. The molecule has 25 heavy (non-hydrogen) atoms. The number of carbonyl (C=O) groups is 1. The van der Waals surface area contributed by atoms with Crippen molar-refractivity contribution >= 4 is 17.4 Å². The zero-order valence-corrected chi connectivity index (χ0v) is 14.0. The van der Waals surface area contributed by atoms with Crippen LogP contribution >= 0.6 is 0 Å². The predicted molar refractivity (Wildman–Crippen MR) is 88.5 cm³/mol. The molecule has 1 amide bonds. The molecule has 0 aliphatic heterocycles. The SMILES string of the molecule is COc1cc(=O)n(CC(=O)Nc2ccc3nncn3n2)nc1C(C)C. The molecule has 0 aliphatic rings. The number of amides is 1. The Labute approximate surface area is 142 Å². The van der Waals surface area contributed by atoms with Gasteiger partial charge in [-0.25, -0.2) is 4.68 Å². The average molecular weight is 343 g/mol. The van der Waals surface area contributed by atoms with E-state index < -0.39 is 11.5 Å². The Morgan fingerprint density at radius 1 is 1.32 bits per heavy atom. The smallest absolute Gasteiger partial charge is 0.270 e. The van der Waals surface area contributed by atoms with Gasteiger partial charge in [-0.05, 0) is 12.1 Å². The van der Waals surface area contributed by atoms with Gasteiger partial charge in [0.1, 0.15) is 24.3 Å². The van der Waals surface area contributed by atoms with Gasteiger partial charge in [0.15, 0.2) is 11.5 Å². The molecule has 1 N–H and O–H groups in total. The van der Waals surface area contributed by atoms with Crippen LogP contribution in [0.5, 0.6) is 5.75 Å². The molecule has 0 atom stereocenters. The number of carbonyl (C=O) groups excluding carboxylic acids is 1. The summed E-state index contributed by atoms with van der Waals surface area (Å²) in [5.74, 6) is 0.358. The standard InChI is InChI=1S/C15H17N7O3/c1-9(2)15-10(25-3)6-14(24)21(20-15)7-13(23)17-11-4-5-12-18-16-8-22(12)19-11/h4-6,8-9H,7H2,1-3H3,(H,17,19,23). The second-order valence-electron chi connectivity index (χ2n) is 5.65. The van der Waals surface area contributed by atoms with E-state index in [1.807, 2.05) is 13.8 Å². The molecular weight excluding hydrogens is 326 g/mol. The Bertz CT molecular complexity index is 977. The first-order valence-corrected chi connectivity index (χ1v) is 7.61. The molecule has 130 valence electrons. The molecule has 0 aromatic carbocycles. The quantitative estimate of drug-likeness (QED) is 0.715. The molecular formula is C15H17N7O3. The molecule has 0 bridgehead atoms. The van der Waals surface area contributed by atoms with Crippen molar-refractivity contribution in [2.75, 3.05) is 12.4 Å². The summed E-state index contributed by atoms with van der Waals surface area (Å²) in [6, 6.07) is 4.60. The summed E-state index contributed by atoms with van der Waals surface area (Å²) in [5, 5.41) is 18.5. The summed E-state index contributed by atoms with van der Waals surface area (Å²) >= 11 is 0. The molecule has 3 aromatic heterocycles. The lowest BCUT2D eigenvalue weighted by Crippen LogP contribution is -2.30. The molecule has 10 nitrogen and oxygen atoms in total. The lowest BCUT2D eigenvalue weighted by Gasteiger charge is -2.13. The van der Waals surface area contributed by atoms with E-state index in [2.05, 4.69) is 25.7 Å². The van der Waals surface area contributed by atoms with Gasteiger partial charge in [-0.2, -0.15) is 9.61 Å². The van der Waals surface area contributed by atoms with Gasteiger partial charge in [-0.1, -0.05) is 13.8 Å². The maximum atomic E-state index is 12.2. The predicted octanol–water partition coefficient (Wildman–Crippen LogP) is 0.452. The van der Waals surface area contributed by atoms with Crippen LogP contribution in [0.3, 0.4) is 0 Å². The van der Waals surface area contributed by atoms with Crippen molar-refractivity contribution in [3.05, 3.63) is 40.6 Å². The van der Waals surface area contributed by atoms with Gasteiger partial charge in [-0.15, -0.1) is 15.3 Å². The zero-order valence-electron chi connectivity index (χ0n) is 14.0. The summed E-state index contributed by atoms with van der Waals surface area (Å²) in [5.41, 5.74) is 0.755. The number of hydrogen-bond donors (Lipinski definition) is 1. The number of rotatable bonds is 5. The Morgan fingerprint density at radius 2 is 2.12 bits per heavy atom. The van der Waals surface area contributed by atoms with Crippen molar-refractivity contribution in [3.63, 3.8) is 0 Å². The maximum Gasteiger partial charge on any atom is 0.270 e. The minimum atomic E-state index is -0.422. The third-order valence-electron chi connectivity index (χ3n) is 3.48. The summed E-state index contributed by atoms with van der Waals surface area (Å²) in [6.45, 7) is 3.63. The van der Waals surface area contributed by atoms with Gasteiger partial charge in [-0.3, -0.25) is 9.59 Å². The lowest BCUT2D eigenvalue weighted by atomic mass is 10.1. The highest BCUT2D eigenvalue weighted by Gasteiger charge is 2.15. The first kappa shape index (κ1) is 16.6. The molecule has 3 rings (SSSR count). The Kier molecular flexibility index (Phi) is 4.42. The first-order chi connectivity index (χ1) is 12.0. The number of hydrogen-bond acceptors (Lipinski definition) is 7. The average Bonchev–Trinajstić information content (AvgIpc) is 3.03. The van der Waals surface area contributed by atoms with E-state index in [0.29, 0.717) is 22.9 Å². The Balaban J connectivity index is 1.80. The van der Waals surface area contributed by atoms with Crippen molar-refractivity contribution in [1.82, 2.24) is 29.6 Å². The second kappa shape index (κ2) is 6.67. The first-order valence-electron chi connectivity index (χ1n) is 7.61. The number of methoxy groups -OCH3 is 1. The molecule has 0 radical (unpaired) electrons. The van der Waals surface area contributed by atoms with Crippen LogP contribution in [-0.2, 0) is 11.3 Å². The van der Waals surface area contributed by atoms with Crippen LogP contribution in [0, 0.1) is 0 Å². The number of anilines is 1. The van der Waals surface area contributed by atoms with Crippen molar-refractivity contribution in [1.29, 1.82) is 0 Å². The van der Waals surface area contributed by atoms with E-state index in [4.69, 9.17) is 4.74 Å². The molecule has 0 saturated heterocycles. The number of fused-ring (bicyclic) bond motifs is 1. The highest BCUT2D eigenvalue weighted by molar-refractivity contribution is 5.89. The Morgan fingerprint density at radius 3 is 2.84 bits per heavy atom. The van der Waals surface area contributed by atoms with Crippen molar-refractivity contribution in [3.8, 4) is 5.75 Å². The van der Waals surface area contributed by atoms with Crippen LogP contribution in [0.2, 0.25) is 0 Å². The zero-order chi connectivity index (χ0) is 18.0. The fourth-order valence-corrected chi connectivity index (χ4v) is 2.28. The highest BCUT2D eigenvalue weighted by Crippen LogP contribution is 2.21. The van der Waals surface area contributed by atoms with E-state index in [1.54, 1.807) is 12.1 Å². The molecule has 3 aromatic rings. The van der Waals surface area contributed by atoms with Gasteiger partial charge in [0.25, 0.3) is 5.56 Å². The molecule has 0 spiro atoms. The molecule has 10 heteroatoms. The van der Waals surface area contributed by atoms with Gasteiger partial charge in [0.2, 0.25) is 5.91 Å². The summed E-state index contributed by atoms with van der Waals surface area (Å²) in [7, 11) is 1.48. The van der Waals surface area contributed by atoms with Crippen molar-refractivity contribution < 1.29 is 9.53 Å². The topological polar surface area (TPSA) is 116 Å². The molecule has 0 unspecified atom stereocenters. The normalized spacial score (nSPS) is 11.0. The van der Waals surface area contributed by atoms with Gasteiger partial charge in [0.05, 0.1) is 7.11 Å². The summed E-state index contributed by atoms with van der Waals surface area (Å²) in [6.07, 6.45) is 1.43. The summed E-state index contributed by atoms with van der Waals surface area (Å²) < 4.78 is 7.71. The van der Waals surface area contributed by atoms with Crippen LogP contribution in [0.15, 0.2) is 29.3 Å². The minimum Gasteiger partial charge on any atom is -0.495 e. The molecule has 3 heterocycles. The van der Waals surface area contributed by atoms with Crippen LogP contribution < -0.4 is 15.6 Å².